The summed E-state index contributed by atoms with van der Waals surface area (Å²) in [5.41, 5.74) is 19.2. The molecule has 0 bridgehead atoms. The van der Waals surface area contributed by atoms with Crippen molar-refractivity contribution in [1.29, 1.82) is 0 Å². The van der Waals surface area contributed by atoms with Crippen molar-refractivity contribution in [2.24, 2.45) is 0 Å². The van der Waals surface area contributed by atoms with Crippen LogP contribution in [0, 0.1) is 0 Å². The van der Waals surface area contributed by atoms with Gasteiger partial charge in [-0.1, -0.05) is 172 Å². The summed E-state index contributed by atoms with van der Waals surface area (Å²) in [6.45, 7) is 4.72. The number of aromatic nitrogens is 1. The SMILES string of the molecule is CC1(C)c2ccccc2-c2ccc(N(c3ccccc3)c3cc(-c4cccc(-c5ccccc5)c4)ccc3-c3ccc4c5ccccc5n(-c5ccccc5)c4c3)cc21. The summed E-state index contributed by atoms with van der Waals surface area (Å²) in [5.74, 6) is 0. The van der Waals surface area contributed by atoms with Crippen molar-refractivity contribution < 1.29 is 0 Å². The van der Waals surface area contributed by atoms with Crippen molar-refractivity contribution >= 4 is 38.9 Å². The molecule has 0 saturated carbocycles. The van der Waals surface area contributed by atoms with Gasteiger partial charge in [0.05, 0.1) is 16.7 Å². The van der Waals surface area contributed by atoms with Gasteiger partial charge in [-0.2, -0.15) is 0 Å². The second-order valence-electron chi connectivity index (χ2n) is 16.2. The van der Waals surface area contributed by atoms with Crippen LogP contribution in [0.3, 0.4) is 0 Å². The van der Waals surface area contributed by atoms with Gasteiger partial charge in [0.15, 0.2) is 0 Å². The normalized spacial score (nSPS) is 12.7. The first-order valence-electron chi connectivity index (χ1n) is 20.5. The van der Waals surface area contributed by atoms with E-state index in [1.807, 2.05) is 0 Å². The van der Waals surface area contributed by atoms with Crippen LogP contribution in [0.1, 0.15) is 25.0 Å². The third kappa shape index (κ3) is 5.79. The van der Waals surface area contributed by atoms with E-state index in [-0.39, 0.29) is 5.41 Å². The Morgan fingerprint density at radius 1 is 0.356 bits per heavy atom. The first-order chi connectivity index (χ1) is 29.0. The Morgan fingerprint density at radius 3 is 1.76 bits per heavy atom. The maximum absolute atomic E-state index is 2.47. The van der Waals surface area contributed by atoms with E-state index in [4.69, 9.17) is 0 Å². The van der Waals surface area contributed by atoms with Gasteiger partial charge < -0.3 is 9.47 Å². The largest absolute Gasteiger partial charge is 0.310 e. The number of nitrogens with zero attached hydrogens (tertiary/aromatic N) is 2. The molecule has 0 unspecified atom stereocenters. The van der Waals surface area contributed by atoms with Gasteiger partial charge in [0, 0.05) is 38.8 Å². The zero-order valence-electron chi connectivity index (χ0n) is 33.2. The lowest BCUT2D eigenvalue weighted by Gasteiger charge is -2.30. The molecule has 0 radical (unpaired) electrons. The van der Waals surface area contributed by atoms with Crippen molar-refractivity contribution in [2.75, 3.05) is 4.90 Å². The van der Waals surface area contributed by atoms with Crippen LogP contribution < -0.4 is 4.90 Å². The molecule has 0 N–H and O–H groups in total. The Labute approximate surface area is 345 Å². The molecule has 59 heavy (non-hydrogen) atoms. The highest BCUT2D eigenvalue weighted by atomic mass is 15.1. The number of para-hydroxylation sites is 3. The van der Waals surface area contributed by atoms with Crippen LogP contribution in [0.25, 0.3) is 72.0 Å². The predicted octanol–water partition coefficient (Wildman–Crippen LogP) is 15.6. The lowest BCUT2D eigenvalue weighted by Crippen LogP contribution is -2.17. The Hall–Kier alpha value is -7.42. The van der Waals surface area contributed by atoms with Crippen LogP contribution >= 0.6 is 0 Å². The Balaban J connectivity index is 1.16. The van der Waals surface area contributed by atoms with Gasteiger partial charge in [-0.05, 0) is 111 Å². The molecule has 10 aromatic rings. The maximum Gasteiger partial charge on any atom is 0.0547 e. The molecule has 0 spiro atoms. The van der Waals surface area contributed by atoms with E-state index in [9.17, 15) is 0 Å². The highest BCUT2D eigenvalue weighted by molar-refractivity contribution is 6.10. The molecule has 0 fully saturated rings. The molecule has 0 atom stereocenters. The van der Waals surface area contributed by atoms with E-state index in [2.05, 4.69) is 242 Å². The molecular weight excluding hydrogens is 713 g/mol. The lowest BCUT2D eigenvalue weighted by molar-refractivity contribution is 0.660. The fourth-order valence-corrected chi connectivity index (χ4v) is 9.48. The fraction of sp³-hybridized carbons (Fsp3) is 0.0526. The monoisotopic (exact) mass is 754 g/mol. The molecular formula is C57H42N2. The molecule has 0 saturated heterocycles. The highest BCUT2D eigenvalue weighted by Gasteiger charge is 2.36. The quantitative estimate of drug-likeness (QED) is 0.157. The molecule has 2 heteroatoms. The Kier molecular flexibility index (Phi) is 8.20. The van der Waals surface area contributed by atoms with E-state index in [1.165, 1.54) is 60.8 Å². The van der Waals surface area contributed by atoms with Crippen molar-refractivity contribution in [3.05, 3.63) is 230 Å². The summed E-state index contributed by atoms with van der Waals surface area (Å²) < 4.78 is 2.41. The van der Waals surface area contributed by atoms with Crippen molar-refractivity contribution in [3.8, 4) is 50.2 Å². The molecule has 0 amide bonds. The van der Waals surface area contributed by atoms with E-state index >= 15 is 0 Å². The van der Waals surface area contributed by atoms with E-state index in [0.29, 0.717) is 0 Å². The van der Waals surface area contributed by atoms with Gasteiger partial charge >= 0.3 is 0 Å². The third-order valence-corrected chi connectivity index (χ3v) is 12.4. The fourth-order valence-electron chi connectivity index (χ4n) is 9.48. The molecule has 1 aliphatic rings. The van der Waals surface area contributed by atoms with Gasteiger partial charge in [-0.25, -0.2) is 0 Å². The number of benzene rings is 9. The minimum atomic E-state index is -0.136. The molecule has 280 valence electrons. The summed E-state index contributed by atoms with van der Waals surface area (Å²) in [7, 11) is 0. The summed E-state index contributed by atoms with van der Waals surface area (Å²) in [6, 6.07) is 80.0. The maximum atomic E-state index is 2.47. The summed E-state index contributed by atoms with van der Waals surface area (Å²) in [4.78, 5) is 2.47. The predicted molar refractivity (Wildman–Crippen MR) is 249 cm³/mol. The standard InChI is InChI=1S/C57H42N2/c1-57(2)52-27-14-12-25-48(52)49-34-31-46(38-53(49)57)58(44-21-8-4-9-22-44)55-36-42(41-20-16-19-40(35-41)39-17-6-3-7-18-39)29-32-47(55)43-30-33-51-50-26-13-15-28-54(50)59(56(51)37-43)45-23-10-5-11-24-45/h3-38H,1-2H3. The van der Waals surface area contributed by atoms with E-state index in [1.54, 1.807) is 0 Å². The average molecular weight is 755 g/mol. The van der Waals surface area contributed by atoms with Gasteiger partial charge in [-0.3, -0.25) is 0 Å². The van der Waals surface area contributed by atoms with Crippen molar-refractivity contribution in [1.82, 2.24) is 4.57 Å². The van der Waals surface area contributed by atoms with Gasteiger partial charge in [-0.15, -0.1) is 0 Å². The number of anilines is 3. The minimum Gasteiger partial charge on any atom is -0.310 e. The van der Waals surface area contributed by atoms with Crippen LogP contribution in [0.15, 0.2) is 218 Å². The van der Waals surface area contributed by atoms with Crippen LogP contribution in [0.4, 0.5) is 17.1 Å². The Morgan fingerprint density at radius 2 is 0.949 bits per heavy atom. The smallest absolute Gasteiger partial charge is 0.0547 e. The zero-order chi connectivity index (χ0) is 39.5. The average Bonchev–Trinajstić information content (AvgIpc) is 3.75. The van der Waals surface area contributed by atoms with Crippen LogP contribution in [-0.4, -0.2) is 4.57 Å². The van der Waals surface area contributed by atoms with Crippen LogP contribution in [-0.2, 0) is 5.41 Å². The molecule has 0 aliphatic heterocycles. The van der Waals surface area contributed by atoms with E-state index in [0.717, 1.165) is 39.4 Å². The molecule has 11 rings (SSSR count). The second-order valence-corrected chi connectivity index (χ2v) is 16.2. The van der Waals surface area contributed by atoms with Gasteiger partial charge in [0.2, 0.25) is 0 Å². The van der Waals surface area contributed by atoms with Gasteiger partial charge in [0.1, 0.15) is 0 Å². The lowest BCUT2D eigenvalue weighted by atomic mass is 9.82. The van der Waals surface area contributed by atoms with Crippen molar-refractivity contribution in [2.45, 2.75) is 19.3 Å². The topological polar surface area (TPSA) is 8.17 Å². The molecule has 1 aromatic heterocycles. The zero-order valence-corrected chi connectivity index (χ0v) is 33.2. The summed E-state index contributed by atoms with van der Waals surface area (Å²) in [5, 5.41) is 2.49. The van der Waals surface area contributed by atoms with Gasteiger partial charge in [0.25, 0.3) is 0 Å². The number of rotatable bonds is 7. The number of hydrogen-bond acceptors (Lipinski definition) is 1. The number of fused-ring (bicyclic) bond motifs is 6. The third-order valence-electron chi connectivity index (χ3n) is 12.4. The second kappa shape index (κ2) is 13.9. The number of hydrogen-bond donors (Lipinski definition) is 0. The summed E-state index contributed by atoms with van der Waals surface area (Å²) in [6.07, 6.45) is 0. The highest BCUT2D eigenvalue weighted by Crippen LogP contribution is 2.52. The molecule has 9 aromatic carbocycles. The summed E-state index contributed by atoms with van der Waals surface area (Å²) >= 11 is 0. The van der Waals surface area contributed by atoms with Crippen LogP contribution in [0.2, 0.25) is 0 Å². The van der Waals surface area contributed by atoms with Crippen molar-refractivity contribution in [3.63, 3.8) is 0 Å². The first-order valence-corrected chi connectivity index (χ1v) is 20.5. The Bertz CT molecular complexity index is 3170. The molecule has 2 nitrogen and oxygen atoms in total. The van der Waals surface area contributed by atoms with Crippen LogP contribution in [0.5, 0.6) is 0 Å². The first kappa shape index (κ1) is 34.8. The van der Waals surface area contributed by atoms with E-state index < -0.39 is 0 Å². The molecule has 1 heterocycles. The molecule has 1 aliphatic carbocycles. The minimum absolute atomic E-state index is 0.136.